The maximum atomic E-state index is 17.1. The fourth-order valence-electron chi connectivity index (χ4n) is 11.4. The Morgan fingerprint density at radius 2 is 0.794 bits per heavy atom. The van der Waals surface area contributed by atoms with Gasteiger partial charge in [0, 0.05) is 110 Å². The average molecular weight is 1470 g/mol. The van der Waals surface area contributed by atoms with Crippen LogP contribution >= 0.6 is 0 Å². The van der Waals surface area contributed by atoms with E-state index in [1.165, 1.54) is 43.9 Å². The Hall–Kier alpha value is -9.47. The smallest absolute Gasteiger partial charge is 0.326 e. The first-order valence-corrected chi connectivity index (χ1v) is 34.9. The van der Waals surface area contributed by atoms with Gasteiger partial charge in [-0.05, 0) is 78.8 Å². The largest absolute Gasteiger partial charge is 0.481 e. The van der Waals surface area contributed by atoms with Crippen LogP contribution < -0.4 is 47.7 Å². The van der Waals surface area contributed by atoms with Gasteiger partial charge in [-0.15, -0.1) is 0 Å². The minimum atomic E-state index is -3.77. The number of carbonyl (C=O) groups is 16. The van der Waals surface area contributed by atoms with Gasteiger partial charge < -0.3 is 92.6 Å². The minimum absolute atomic E-state index is 0.00207. The van der Waals surface area contributed by atoms with E-state index in [0.717, 1.165) is 0 Å². The van der Waals surface area contributed by atoms with Crippen molar-refractivity contribution >= 4 is 109 Å². The number of carboxylic acid groups (broad SMARTS) is 9. The molecule has 8 amide bonds. The molecule has 102 heavy (non-hydrogen) atoms. The van der Waals surface area contributed by atoms with Crippen molar-refractivity contribution in [1.82, 2.24) is 62.1 Å². The van der Waals surface area contributed by atoms with Gasteiger partial charge in [0.2, 0.25) is 29.5 Å². The molecule has 0 spiro atoms. The molecule has 1 fully saturated rings. The van der Waals surface area contributed by atoms with E-state index >= 15 is 4.11 Å². The van der Waals surface area contributed by atoms with Crippen LogP contribution in [0, 0.1) is 0 Å². The maximum Gasteiger partial charge on any atom is 0.326 e. The molecule has 0 radical (unpaired) electrons. The van der Waals surface area contributed by atoms with E-state index in [2.05, 4.69) is 31.9 Å². The summed E-state index contributed by atoms with van der Waals surface area (Å²) in [6, 6.07) is -5.18. The number of aliphatic carboxylic acids is 9. The molecular formula is C63H99FN12O25Si. The van der Waals surface area contributed by atoms with Gasteiger partial charge in [0.15, 0.2) is 0 Å². The van der Waals surface area contributed by atoms with Crippen LogP contribution in [0.4, 0.5) is 8.90 Å². The summed E-state index contributed by atoms with van der Waals surface area (Å²) in [5.41, 5.74) is 0.0380. The lowest BCUT2D eigenvalue weighted by Crippen LogP contribution is -2.58. The number of nitrogens with zero attached hydrogens (tertiary/aromatic N) is 4. The van der Waals surface area contributed by atoms with Gasteiger partial charge in [-0.2, -0.15) is 0 Å². The van der Waals surface area contributed by atoms with Crippen LogP contribution in [0.15, 0.2) is 24.3 Å². The highest BCUT2D eigenvalue weighted by Gasteiger charge is 2.56. The predicted octanol–water partition coefficient (Wildman–Crippen LogP) is -1.72. The average Bonchev–Trinajstić information content (AvgIpc) is 0.748. The number of hydrogen-bond donors (Lipinski definition) is 17. The third-order valence-corrected chi connectivity index (χ3v) is 21.9. The first-order chi connectivity index (χ1) is 47.5. The van der Waals surface area contributed by atoms with E-state index in [-0.39, 0.29) is 116 Å². The van der Waals surface area contributed by atoms with Gasteiger partial charge in [0.05, 0.1) is 19.6 Å². The van der Waals surface area contributed by atoms with E-state index in [1.54, 1.807) is 41.5 Å². The second kappa shape index (κ2) is 43.4. The molecular weight excluding hydrogens is 1370 g/mol. The number of hydrogen-bond acceptors (Lipinski definition) is 20. The fourth-order valence-corrected chi connectivity index (χ4v) is 16.0. The molecule has 1 aromatic carbocycles. The van der Waals surface area contributed by atoms with Crippen molar-refractivity contribution in [2.75, 3.05) is 91.6 Å². The van der Waals surface area contributed by atoms with Crippen molar-refractivity contribution in [3.63, 3.8) is 0 Å². The van der Waals surface area contributed by atoms with Crippen LogP contribution in [-0.2, 0) is 67.1 Å². The van der Waals surface area contributed by atoms with Gasteiger partial charge >= 0.3 is 59.8 Å². The summed E-state index contributed by atoms with van der Waals surface area (Å²) < 4.78 is 17.1. The van der Waals surface area contributed by atoms with Gasteiger partial charge in [-0.25, -0.2) is 24.0 Å². The van der Waals surface area contributed by atoms with Gasteiger partial charge in [-0.1, -0.05) is 53.7 Å². The molecule has 17 N–H and O–H groups in total. The molecule has 0 saturated carbocycles. The number of unbranched alkanes of at least 4 members (excludes halogenated alkanes) is 1. The maximum absolute atomic E-state index is 17.1. The second-order valence-electron chi connectivity index (χ2n) is 26.6. The standard InChI is InChI=1S/C63H99FN12O25Si/c1-62(2,3)102(64,63(4,5)6)39-14-12-38(13-15-39)54(89)67-34-44(69-49(80)20-18-45(60(99)100)76-32-30-74(36-52(85)86)28-26-73(35-51(83)84)27-29-75(31-33-76)37-53(87)88)55(90)70-41(57(93)94)10-7-8-24-65-46(77)21-22-47(78)66-25-9-11-40(56(91)92)68-48(79)19-16-42(58(95)96)71-61(101)72-43(59(97)98)17-23-50(81)82/h12-15,40-45H,7-11,16-37H2,1-6H3,(H,65,77)(H,66,78)(H,67,89)(H,68,79)(H,69,80)(H,70,90)(H,81,82)(H,83,84)(H,85,86)(H,87,88)(H,91,92)(H,93,94)(H,95,96)(H,97,98)(H,99,100)(H2,71,72,101)/t40-,41-,42-,43-,44-,45+/m0/s1. The summed E-state index contributed by atoms with van der Waals surface area (Å²) >= 11 is 0. The lowest BCUT2D eigenvalue weighted by atomic mass is 10.1. The summed E-state index contributed by atoms with van der Waals surface area (Å²) in [6.07, 6.45) is -4.25. The molecule has 0 unspecified atom stereocenters. The number of benzene rings is 1. The molecule has 572 valence electrons. The Morgan fingerprint density at radius 1 is 0.412 bits per heavy atom. The van der Waals surface area contributed by atoms with Gasteiger partial charge in [0.25, 0.3) is 14.3 Å². The molecule has 1 aliphatic rings. The number of amides is 8. The Morgan fingerprint density at radius 3 is 1.21 bits per heavy atom. The SMILES string of the molecule is CC(C)(C)[Si](F)(c1ccc(C(=O)NC[C@H](NC(=O)CC[C@H](C(=O)O)N2CCN(CC(=O)O)CCN(CC(=O)O)CCN(CC(=O)O)CC2)C(=O)N[C@@H](CCCCNC(=O)CCC(=O)NCCC[C@H](NC(=O)CC[C@H](NC(=O)N[C@@H](CCC(=O)O)C(=O)O)C(=O)O)C(=O)O)C(=O)O)cc1)C(C)(C)C. The topological polar surface area (TPSA) is 564 Å². The zero-order valence-corrected chi connectivity index (χ0v) is 59.1. The van der Waals surface area contributed by atoms with Crippen molar-refractivity contribution in [2.45, 2.75) is 171 Å². The summed E-state index contributed by atoms with van der Waals surface area (Å²) in [5.74, 6) is -17.5. The minimum Gasteiger partial charge on any atom is -0.481 e. The third-order valence-electron chi connectivity index (χ3n) is 16.6. The molecule has 2 rings (SSSR count). The second-order valence-corrected chi connectivity index (χ2v) is 31.5. The van der Waals surface area contributed by atoms with E-state index in [1.807, 2.05) is 10.6 Å². The lowest BCUT2D eigenvalue weighted by Gasteiger charge is -2.44. The highest BCUT2D eigenvalue weighted by molar-refractivity contribution is 6.90. The third kappa shape index (κ3) is 32.9. The number of halogens is 1. The molecule has 1 aromatic rings. The van der Waals surface area contributed by atoms with Crippen molar-refractivity contribution in [3.05, 3.63) is 29.8 Å². The molecule has 39 heteroatoms. The fraction of sp³-hybridized carbons (Fsp3) is 0.651. The van der Waals surface area contributed by atoms with Crippen LogP contribution in [0.3, 0.4) is 0 Å². The molecule has 1 aliphatic heterocycles. The number of carboxylic acids is 9. The summed E-state index contributed by atoms with van der Waals surface area (Å²) in [4.78, 5) is 205. The molecule has 0 bridgehead atoms. The van der Waals surface area contributed by atoms with E-state index in [0.29, 0.717) is 5.19 Å². The Bertz CT molecular complexity index is 3050. The van der Waals surface area contributed by atoms with Crippen molar-refractivity contribution in [1.29, 1.82) is 0 Å². The summed E-state index contributed by atoms with van der Waals surface area (Å²) in [6.45, 7) is 8.44. The molecule has 0 aliphatic carbocycles. The zero-order chi connectivity index (χ0) is 77.2. The van der Waals surface area contributed by atoms with E-state index in [4.69, 9.17) is 5.11 Å². The molecule has 6 atom stereocenters. The number of carbonyl (C=O) groups excluding carboxylic acids is 7. The lowest BCUT2D eigenvalue weighted by molar-refractivity contribution is -0.145. The van der Waals surface area contributed by atoms with Crippen molar-refractivity contribution in [2.24, 2.45) is 0 Å². The number of nitrogens with one attached hydrogen (secondary N) is 8. The van der Waals surface area contributed by atoms with E-state index < -0.39 is 215 Å². The molecule has 1 heterocycles. The Balaban J connectivity index is 2.15. The first kappa shape index (κ1) is 88.6. The Labute approximate surface area is 588 Å². The van der Waals surface area contributed by atoms with Crippen LogP contribution in [0.1, 0.15) is 135 Å². The number of rotatable bonds is 43. The Kier molecular flexibility index (Phi) is 37.7. The van der Waals surface area contributed by atoms with Crippen LogP contribution in [0.5, 0.6) is 0 Å². The van der Waals surface area contributed by atoms with Crippen LogP contribution in [0.2, 0.25) is 10.1 Å². The highest BCUT2D eigenvalue weighted by Crippen LogP contribution is 2.51. The van der Waals surface area contributed by atoms with Gasteiger partial charge in [-0.3, -0.25) is 72.3 Å². The van der Waals surface area contributed by atoms with Crippen LogP contribution in [-0.4, -0.2) is 297 Å². The van der Waals surface area contributed by atoms with Crippen LogP contribution in [0.25, 0.3) is 0 Å². The summed E-state index contributed by atoms with van der Waals surface area (Å²) in [5, 5.41) is 104. The quantitative estimate of drug-likeness (QED) is 0.0197. The zero-order valence-electron chi connectivity index (χ0n) is 58.1. The summed E-state index contributed by atoms with van der Waals surface area (Å²) in [7, 11) is -3.77. The molecule has 0 aromatic heterocycles. The van der Waals surface area contributed by atoms with E-state index in [9.17, 15) is 118 Å². The first-order valence-electron chi connectivity index (χ1n) is 33.0. The normalized spacial score (nSPS) is 15.6. The van der Waals surface area contributed by atoms with Crippen molar-refractivity contribution in [3.8, 4) is 0 Å². The predicted molar refractivity (Wildman–Crippen MR) is 359 cm³/mol. The number of urea groups is 1. The molecule has 37 nitrogen and oxygen atoms in total. The van der Waals surface area contributed by atoms with Crippen molar-refractivity contribution < 1.29 is 127 Å². The molecule has 1 saturated heterocycles. The van der Waals surface area contributed by atoms with Gasteiger partial charge in [0.1, 0.15) is 36.3 Å². The highest BCUT2D eigenvalue weighted by atomic mass is 28.4. The monoisotopic (exact) mass is 1470 g/mol.